The summed E-state index contributed by atoms with van der Waals surface area (Å²) in [5, 5.41) is 61.2. The third kappa shape index (κ3) is 32.0. The van der Waals surface area contributed by atoms with E-state index in [4.69, 9.17) is 33.2 Å². The molecule has 16 nitrogen and oxygen atoms in total. The molecule has 0 heterocycles. The molecule has 0 aromatic carbocycles. The summed E-state index contributed by atoms with van der Waals surface area (Å²) in [7, 11) is 18.0. The van der Waals surface area contributed by atoms with Gasteiger partial charge in [0.25, 0.3) is 0 Å². The van der Waals surface area contributed by atoms with Crippen LogP contribution in [-0.4, -0.2) is 254 Å². The number of hydrogen-bond acceptors (Lipinski definition) is 13. The van der Waals surface area contributed by atoms with Gasteiger partial charge in [-0.25, -0.2) is 0 Å². The molecule has 0 radical (unpaired) electrons. The number of aliphatic hydroxyl groups excluding tert-OH is 6. The van der Waals surface area contributed by atoms with Crippen molar-refractivity contribution in [3.05, 3.63) is 0 Å². The molecule has 0 amide bonds. The minimum absolute atomic E-state index is 0.110. The van der Waals surface area contributed by atoms with Gasteiger partial charge in [0.15, 0.2) is 0 Å². The molecule has 332 valence electrons. The largest absolute Gasteiger partial charge is 0.394 e. The molecule has 0 aliphatic heterocycles. The Bertz CT molecular complexity index is 887. The summed E-state index contributed by atoms with van der Waals surface area (Å²) in [5.74, 6) is 0. The molecule has 0 rings (SSSR count). The molecule has 0 spiro atoms. The summed E-state index contributed by atoms with van der Waals surface area (Å²) in [6.45, 7) is 7.96. The highest BCUT2D eigenvalue weighted by molar-refractivity contribution is 4.72. The van der Waals surface area contributed by atoms with E-state index >= 15 is 0 Å². The van der Waals surface area contributed by atoms with Crippen LogP contribution in [0.1, 0.15) is 46.5 Å². The molecular formula is C39H86N3O13+3. The van der Waals surface area contributed by atoms with Crippen LogP contribution in [0.3, 0.4) is 0 Å². The van der Waals surface area contributed by atoms with Gasteiger partial charge < -0.3 is 77.2 Å². The second-order valence-electron chi connectivity index (χ2n) is 18.2. The molecule has 55 heavy (non-hydrogen) atoms. The summed E-state index contributed by atoms with van der Waals surface area (Å²) in [6, 6.07) is 0. The quantitative estimate of drug-likeness (QED) is 0.0446. The smallest absolute Gasteiger partial charge is 0.126 e. The topological polar surface area (TPSA) is 186 Å². The molecule has 6 N–H and O–H groups in total. The predicted molar refractivity (Wildman–Crippen MR) is 212 cm³/mol. The molecule has 0 bridgehead atoms. The zero-order valence-corrected chi connectivity index (χ0v) is 36.7. The molecule has 0 saturated carbocycles. The fraction of sp³-hybridized carbons (Fsp3) is 1.00. The van der Waals surface area contributed by atoms with Crippen molar-refractivity contribution in [1.29, 1.82) is 0 Å². The van der Waals surface area contributed by atoms with Crippen LogP contribution in [0.4, 0.5) is 0 Å². The molecule has 0 aromatic rings. The number of hydrogen-bond donors (Lipinski definition) is 6. The Hall–Kier alpha value is -0.640. The fourth-order valence-electron chi connectivity index (χ4n) is 5.99. The molecular weight excluding hydrogens is 718 g/mol. The van der Waals surface area contributed by atoms with Crippen molar-refractivity contribution in [2.24, 2.45) is 0 Å². The normalized spacial score (nSPS) is 18.2. The van der Waals surface area contributed by atoms with E-state index in [1.54, 1.807) is 0 Å². The predicted octanol–water partition coefficient (Wildman–Crippen LogP) is -0.519. The molecule has 16 heteroatoms. The molecule has 0 saturated heterocycles. The lowest BCUT2D eigenvalue weighted by molar-refractivity contribution is -0.873. The van der Waals surface area contributed by atoms with Gasteiger partial charge in [-0.2, -0.15) is 0 Å². The SMILES string of the molecule is CCC(COC(CO)CO)OC(C)CC(O)CC(CC)OC(COCC(O)C[N+](C)(C)C)COC(COCC(O)C[N+](C)(C)C)COCC(O)C[N+](C)(C)C. The van der Waals surface area contributed by atoms with Crippen LogP contribution < -0.4 is 0 Å². The van der Waals surface area contributed by atoms with Crippen molar-refractivity contribution in [3.8, 4) is 0 Å². The van der Waals surface area contributed by atoms with Gasteiger partial charge in [-0.15, -0.1) is 0 Å². The second-order valence-corrected chi connectivity index (χ2v) is 18.2. The number of quaternary nitrogens is 3. The Labute approximate surface area is 333 Å². The minimum atomic E-state index is -0.722. The van der Waals surface area contributed by atoms with E-state index in [9.17, 15) is 30.6 Å². The van der Waals surface area contributed by atoms with E-state index < -0.39 is 42.7 Å². The zero-order valence-electron chi connectivity index (χ0n) is 36.7. The van der Waals surface area contributed by atoms with E-state index in [2.05, 4.69) is 0 Å². The van der Waals surface area contributed by atoms with Crippen molar-refractivity contribution in [2.75, 3.05) is 149 Å². The van der Waals surface area contributed by atoms with Crippen LogP contribution in [0, 0.1) is 0 Å². The fourth-order valence-corrected chi connectivity index (χ4v) is 5.99. The zero-order chi connectivity index (χ0) is 42.2. The standard InChI is InChI=1S/C39H86N3O13/c1-13-35(16-31(45)15-30(3)54-36(14-2)28-52-37(20-43)21-44)55-39(27-51-24-34(48)19-42(10,11)12)29-53-38(25-49-22-32(46)17-40(4,5)6)26-50-23-33(47)18-41(7,8)9/h30-39,43-48H,13-29H2,1-12H3/q+3. The van der Waals surface area contributed by atoms with Crippen molar-refractivity contribution >= 4 is 0 Å². The maximum Gasteiger partial charge on any atom is 0.126 e. The highest BCUT2D eigenvalue weighted by Gasteiger charge is 2.26. The average Bonchev–Trinajstić information content (AvgIpc) is 3.03. The van der Waals surface area contributed by atoms with Crippen LogP contribution in [0.15, 0.2) is 0 Å². The van der Waals surface area contributed by atoms with Gasteiger partial charge in [0.1, 0.15) is 56.3 Å². The van der Waals surface area contributed by atoms with Gasteiger partial charge in [0, 0.05) is 0 Å². The lowest BCUT2D eigenvalue weighted by Crippen LogP contribution is -2.44. The van der Waals surface area contributed by atoms with Crippen molar-refractivity contribution in [3.63, 3.8) is 0 Å². The minimum Gasteiger partial charge on any atom is -0.394 e. The Morgan fingerprint density at radius 2 is 0.800 bits per heavy atom. The van der Waals surface area contributed by atoms with Gasteiger partial charge in [0.2, 0.25) is 0 Å². The van der Waals surface area contributed by atoms with Gasteiger partial charge in [0.05, 0.1) is 154 Å². The third-order valence-corrected chi connectivity index (χ3v) is 8.42. The third-order valence-electron chi connectivity index (χ3n) is 8.42. The monoisotopic (exact) mass is 805 g/mol. The number of nitrogens with zero attached hydrogens (tertiary/aromatic N) is 3. The first-order chi connectivity index (χ1) is 25.5. The number of aliphatic hydroxyl groups is 6. The highest BCUT2D eigenvalue weighted by atomic mass is 16.6. The maximum absolute atomic E-state index is 11.1. The highest BCUT2D eigenvalue weighted by Crippen LogP contribution is 2.18. The summed E-state index contributed by atoms with van der Waals surface area (Å²) in [4.78, 5) is 0. The molecule has 0 fully saturated rings. The summed E-state index contributed by atoms with van der Waals surface area (Å²) >= 11 is 0. The molecule has 0 aromatic heterocycles. The van der Waals surface area contributed by atoms with Gasteiger partial charge >= 0.3 is 0 Å². The van der Waals surface area contributed by atoms with Gasteiger partial charge in [-0.05, 0) is 32.6 Å². The van der Waals surface area contributed by atoms with Crippen LogP contribution in [0.25, 0.3) is 0 Å². The first kappa shape index (κ1) is 54.4. The first-order valence-electron chi connectivity index (χ1n) is 20.1. The van der Waals surface area contributed by atoms with Crippen molar-refractivity contribution in [2.45, 2.75) is 107 Å². The van der Waals surface area contributed by atoms with E-state index in [0.29, 0.717) is 58.8 Å². The Kier molecular flexibility index (Phi) is 28.4. The molecule has 0 aliphatic carbocycles. The van der Waals surface area contributed by atoms with E-state index in [1.165, 1.54) is 0 Å². The summed E-state index contributed by atoms with van der Waals surface area (Å²) in [5.41, 5.74) is 0. The second kappa shape index (κ2) is 28.7. The van der Waals surface area contributed by atoms with Crippen LogP contribution >= 0.6 is 0 Å². The van der Waals surface area contributed by atoms with Crippen molar-refractivity contribution in [1.82, 2.24) is 0 Å². The average molecular weight is 805 g/mol. The van der Waals surface area contributed by atoms with Crippen molar-refractivity contribution < 1.29 is 77.2 Å². The Balaban J connectivity index is 5.66. The van der Waals surface area contributed by atoms with Gasteiger partial charge in [-0.1, -0.05) is 13.8 Å². The van der Waals surface area contributed by atoms with Crippen LogP contribution in [0.5, 0.6) is 0 Å². The molecule has 8 unspecified atom stereocenters. The number of ether oxygens (including phenoxy) is 7. The number of rotatable bonds is 36. The summed E-state index contributed by atoms with van der Waals surface area (Å²) in [6.07, 6.45) is -3.33. The maximum atomic E-state index is 11.1. The van der Waals surface area contributed by atoms with E-state index in [1.807, 2.05) is 84.2 Å². The Morgan fingerprint density at radius 1 is 0.418 bits per heavy atom. The lowest BCUT2D eigenvalue weighted by Gasteiger charge is -2.30. The van der Waals surface area contributed by atoms with E-state index in [0.717, 1.165) is 0 Å². The molecule has 8 atom stereocenters. The van der Waals surface area contributed by atoms with Gasteiger partial charge in [-0.3, -0.25) is 0 Å². The number of likely N-dealkylation sites (N-methyl/N-ethyl adjacent to an activating group) is 3. The lowest BCUT2D eigenvalue weighted by atomic mass is 10.0. The summed E-state index contributed by atoms with van der Waals surface area (Å²) < 4.78 is 44.0. The van der Waals surface area contributed by atoms with Crippen LogP contribution in [0.2, 0.25) is 0 Å². The van der Waals surface area contributed by atoms with Crippen LogP contribution in [-0.2, 0) is 33.2 Å². The first-order valence-corrected chi connectivity index (χ1v) is 20.1. The Morgan fingerprint density at radius 3 is 1.18 bits per heavy atom. The molecule has 0 aliphatic rings. The van der Waals surface area contributed by atoms with E-state index in [-0.39, 0.29) is 84.4 Å².